The molecule has 6 rings (SSSR count). The first-order valence-electron chi connectivity index (χ1n) is 18.8. The molecule has 0 saturated carbocycles. The maximum Gasteiger partial charge on any atom is 0.322 e. The quantitative estimate of drug-likeness (QED) is 0.155. The van der Waals surface area contributed by atoms with E-state index in [1.165, 1.54) is 11.9 Å². The van der Waals surface area contributed by atoms with E-state index in [1.54, 1.807) is 47.5 Å². The van der Waals surface area contributed by atoms with Gasteiger partial charge < -0.3 is 29.7 Å². The third-order valence-electron chi connectivity index (χ3n) is 10.6. The van der Waals surface area contributed by atoms with Crippen LogP contribution in [0, 0.1) is 11.3 Å². The number of nitriles is 1. The second-order valence-electron chi connectivity index (χ2n) is 14.2. The maximum absolute atomic E-state index is 13.4. The molecule has 2 N–H and O–H groups in total. The number of piperidine rings is 1. The molecule has 3 saturated heterocycles. The van der Waals surface area contributed by atoms with Gasteiger partial charge in [-0.05, 0) is 75.2 Å². The molecule has 0 spiro atoms. The minimum atomic E-state index is -0.777. The van der Waals surface area contributed by atoms with Crippen molar-refractivity contribution in [2.24, 2.45) is 0 Å². The van der Waals surface area contributed by atoms with Crippen molar-refractivity contribution in [3.8, 4) is 11.9 Å². The van der Waals surface area contributed by atoms with Crippen molar-refractivity contribution in [2.45, 2.75) is 44.7 Å². The highest BCUT2D eigenvalue weighted by Crippen LogP contribution is 2.27. The van der Waals surface area contributed by atoms with Crippen molar-refractivity contribution in [1.29, 1.82) is 5.26 Å². The number of carbonyl (C=O) groups is 5. The number of piperazine rings is 2. The number of halogens is 1. The number of rotatable bonds is 12. The first-order chi connectivity index (χ1) is 27.0. The van der Waals surface area contributed by atoms with Gasteiger partial charge in [0.15, 0.2) is 6.29 Å². The Morgan fingerprint density at radius 2 is 1.84 bits per heavy atom. The largest absolute Gasteiger partial charge is 0.478 e. The van der Waals surface area contributed by atoms with E-state index >= 15 is 0 Å². The van der Waals surface area contributed by atoms with E-state index in [1.807, 2.05) is 19.1 Å². The summed E-state index contributed by atoms with van der Waals surface area (Å²) in [6, 6.07) is 15.3. The van der Waals surface area contributed by atoms with Crippen molar-refractivity contribution in [2.75, 3.05) is 81.1 Å². The molecular formula is C40H46ClN9O6. The summed E-state index contributed by atoms with van der Waals surface area (Å²) in [7, 11) is 1.52. The minimum Gasteiger partial charge on any atom is -0.478 e. The first-order valence-corrected chi connectivity index (χ1v) is 19.2. The van der Waals surface area contributed by atoms with Gasteiger partial charge in [-0.3, -0.25) is 29.4 Å². The molecule has 2 atom stereocenters. The Labute approximate surface area is 331 Å². The summed E-state index contributed by atoms with van der Waals surface area (Å²) in [5.41, 5.74) is 3.25. The van der Waals surface area contributed by atoms with Crippen LogP contribution in [-0.2, 0) is 9.59 Å². The van der Waals surface area contributed by atoms with Crippen molar-refractivity contribution in [3.63, 3.8) is 0 Å². The third kappa shape index (κ3) is 9.55. The lowest BCUT2D eigenvalue weighted by Crippen LogP contribution is -2.54. The van der Waals surface area contributed by atoms with Gasteiger partial charge in [-0.15, -0.1) is 0 Å². The summed E-state index contributed by atoms with van der Waals surface area (Å²) in [6.45, 7) is 8.35. The molecule has 5 amide bonds. The summed E-state index contributed by atoms with van der Waals surface area (Å²) in [5, 5.41) is 14.8. The monoisotopic (exact) mass is 783 g/mol. The average molecular weight is 784 g/mol. The molecule has 2 aromatic carbocycles. The molecule has 3 aliphatic heterocycles. The van der Waals surface area contributed by atoms with Gasteiger partial charge >= 0.3 is 6.03 Å². The molecule has 56 heavy (non-hydrogen) atoms. The molecule has 0 radical (unpaired) electrons. The molecule has 1 aromatic heterocycles. The zero-order valence-corrected chi connectivity index (χ0v) is 32.3. The van der Waals surface area contributed by atoms with Crippen LogP contribution in [0.1, 0.15) is 58.9 Å². The van der Waals surface area contributed by atoms with Crippen molar-refractivity contribution >= 4 is 58.7 Å². The number of aromatic nitrogens is 1. The van der Waals surface area contributed by atoms with Crippen LogP contribution in [0.2, 0.25) is 5.02 Å². The fourth-order valence-corrected chi connectivity index (χ4v) is 7.51. The molecule has 3 aliphatic rings. The molecule has 3 aromatic rings. The number of anilines is 3. The van der Waals surface area contributed by atoms with E-state index in [-0.39, 0.29) is 41.9 Å². The van der Waals surface area contributed by atoms with E-state index in [4.69, 9.17) is 21.6 Å². The van der Waals surface area contributed by atoms with E-state index in [9.17, 15) is 24.0 Å². The number of aldehydes is 1. The van der Waals surface area contributed by atoms with Gasteiger partial charge in [-0.2, -0.15) is 5.26 Å². The Hall–Kier alpha value is -5.72. The van der Waals surface area contributed by atoms with Crippen LogP contribution in [-0.4, -0.2) is 128 Å². The number of nitrogens with zero attached hydrogens (tertiary/aromatic N) is 7. The lowest BCUT2D eigenvalue weighted by atomic mass is 10.0. The van der Waals surface area contributed by atoms with Crippen LogP contribution in [0.5, 0.6) is 5.88 Å². The number of nitrogens with one attached hydrogen (secondary N) is 2. The smallest absolute Gasteiger partial charge is 0.322 e. The number of carbonyl (C=O) groups excluding carboxylic acids is 5. The van der Waals surface area contributed by atoms with Crippen LogP contribution in [0.3, 0.4) is 0 Å². The van der Waals surface area contributed by atoms with Crippen molar-refractivity contribution in [3.05, 3.63) is 76.4 Å². The molecular weight excluding hydrogens is 738 g/mol. The Kier molecular flexibility index (Phi) is 13.0. The Bertz CT molecular complexity index is 1980. The van der Waals surface area contributed by atoms with Crippen molar-refractivity contribution < 1.29 is 28.7 Å². The summed E-state index contributed by atoms with van der Waals surface area (Å²) < 4.78 is 5.87. The predicted molar refractivity (Wildman–Crippen MR) is 211 cm³/mol. The molecule has 0 bridgehead atoms. The van der Waals surface area contributed by atoms with Gasteiger partial charge in [0.1, 0.15) is 12.1 Å². The van der Waals surface area contributed by atoms with Gasteiger partial charge in [0.05, 0.1) is 34.6 Å². The zero-order chi connectivity index (χ0) is 39.8. The maximum atomic E-state index is 13.4. The van der Waals surface area contributed by atoms with Gasteiger partial charge in [0.2, 0.25) is 17.7 Å². The van der Waals surface area contributed by atoms with E-state index < -0.39 is 17.9 Å². The fraction of sp³-hybridized carbons (Fsp3) is 0.425. The van der Waals surface area contributed by atoms with Gasteiger partial charge in [0.25, 0.3) is 5.91 Å². The highest BCUT2D eigenvalue weighted by atomic mass is 35.5. The number of urea groups is 1. The van der Waals surface area contributed by atoms with Crippen molar-refractivity contribution in [1.82, 2.24) is 25.0 Å². The minimum absolute atomic E-state index is 0.0561. The first kappa shape index (κ1) is 40.0. The van der Waals surface area contributed by atoms with Gasteiger partial charge in [0, 0.05) is 88.3 Å². The zero-order valence-electron chi connectivity index (χ0n) is 31.6. The number of benzene rings is 2. The predicted octanol–water partition coefficient (Wildman–Crippen LogP) is 4.02. The molecule has 2 unspecified atom stereocenters. The number of hydrogen-bond donors (Lipinski definition) is 2. The Morgan fingerprint density at radius 3 is 2.52 bits per heavy atom. The van der Waals surface area contributed by atoms with Gasteiger partial charge in [-0.1, -0.05) is 11.6 Å². The number of amides is 5. The highest BCUT2D eigenvalue weighted by Gasteiger charge is 2.34. The molecule has 294 valence electrons. The number of hydrogen-bond acceptors (Lipinski definition) is 11. The fourth-order valence-electron chi connectivity index (χ4n) is 7.30. The Morgan fingerprint density at radius 1 is 1.05 bits per heavy atom. The molecule has 16 heteroatoms. The molecule has 15 nitrogen and oxygen atoms in total. The molecule has 0 aliphatic carbocycles. The SMILES string of the molecule is CC1CN(C(=O)Nc2ccc(OCCCCN3CCN(c4ccc(C=O)c(C(=O)N(C)C5CCC(=O)NC5=O)c4)CC3)nc2)CCN1c1ccc(C#N)c(Cl)c1. The standard InChI is InChI=1S/C40H46ClN9O6/c1-27-25-49(18-19-50(27)32-9-5-28(23-42)34(41)22-32)40(55)44-30-7-12-37(43-24-30)56-20-4-3-13-47-14-16-48(17-15-47)31-8-6-29(26-51)33(21-31)39(54)46(2)35-10-11-36(52)45-38(35)53/h5-9,12,21-22,24,26-27,35H,3-4,10-11,13-20,25H2,1-2H3,(H,44,55)(H,45,52,53). The second-order valence-corrected chi connectivity index (χ2v) is 14.6. The summed E-state index contributed by atoms with van der Waals surface area (Å²) in [6.07, 6.45) is 4.42. The van der Waals surface area contributed by atoms with Gasteiger partial charge in [-0.25, -0.2) is 9.78 Å². The summed E-state index contributed by atoms with van der Waals surface area (Å²) >= 11 is 6.24. The van der Waals surface area contributed by atoms with Crippen LogP contribution in [0.4, 0.5) is 21.9 Å². The highest BCUT2D eigenvalue weighted by molar-refractivity contribution is 6.32. The number of pyridine rings is 1. The number of imide groups is 1. The van der Waals surface area contributed by atoms with Crippen LogP contribution >= 0.6 is 11.6 Å². The van der Waals surface area contributed by atoms with Crippen LogP contribution < -0.4 is 25.2 Å². The summed E-state index contributed by atoms with van der Waals surface area (Å²) in [5.74, 6) is -0.817. The lowest BCUT2D eigenvalue weighted by Gasteiger charge is -2.41. The lowest BCUT2D eigenvalue weighted by molar-refractivity contribution is -0.136. The number of ether oxygens (including phenoxy) is 1. The van der Waals surface area contributed by atoms with E-state index in [0.717, 1.165) is 56.9 Å². The number of likely N-dealkylation sites (N-methyl/N-ethyl adjacent to an activating group) is 1. The van der Waals surface area contributed by atoms with E-state index in [0.29, 0.717) is 54.7 Å². The topological polar surface area (TPSA) is 172 Å². The van der Waals surface area contributed by atoms with Crippen LogP contribution in [0.25, 0.3) is 0 Å². The second kappa shape index (κ2) is 18.3. The Balaban J connectivity index is 0.888. The molecule has 4 heterocycles. The van der Waals surface area contributed by atoms with Crippen LogP contribution in [0.15, 0.2) is 54.7 Å². The normalized spacial score (nSPS) is 18.9. The van der Waals surface area contributed by atoms with E-state index in [2.05, 4.69) is 36.4 Å². The number of unbranched alkanes of at least 4 members (excludes halogenated alkanes) is 1. The summed E-state index contributed by atoms with van der Waals surface area (Å²) in [4.78, 5) is 76.4. The third-order valence-corrected chi connectivity index (χ3v) is 10.9. The average Bonchev–Trinajstić information content (AvgIpc) is 3.20. The molecule has 3 fully saturated rings.